The number of rotatable bonds is 5. The Bertz CT molecular complexity index is 918. The number of benzene rings is 1. The van der Waals surface area contributed by atoms with Crippen molar-refractivity contribution >= 4 is 40.7 Å². The fourth-order valence-electron chi connectivity index (χ4n) is 4.08. The standard InChI is InChI=1S/C21H22ClN3O3S/c22-17-6-2-1-4-14(17)12-25-20(27)16-8-7-13(10-18(16)24-21(25)29)19(26)23-11-15-5-3-9-28-15/h1-6,9,13,16,18H,7-8,10-12H2,(H,23,26)(H,24,29). The lowest BCUT2D eigenvalue weighted by molar-refractivity contribution is -0.138. The first-order chi connectivity index (χ1) is 14.0. The van der Waals surface area contributed by atoms with E-state index in [0.29, 0.717) is 42.5 Å². The third-order valence-electron chi connectivity index (χ3n) is 5.66. The number of amides is 2. The molecule has 8 heteroatoms. The monoisotopic (exact) mass is 431 g/mol. The Hall–Kier alpha value is -2.38. The first kappa shape index (κ1) is 19.9. The number of nitrogens with zero attached hydrogens (tertiary/aromatic N) is 1. The van der Waals surface area contributed by atoms with Crippen LogP contribution in [0.15, 0.2) is 47.1 Å². The first-order valence-electron chi connectivity index (χ1n) is 9.68. The second-order valence-electron chi connectivity index (χ2n) is 7.49. The molecular formula is C21H22ClN3O3S. The Balaban J connectivity index is 1.38. The van der Waals surface area contributed by atoms with E-state index >= 15 is 0 Å². The van der Waals surface area contributed by atoms with Crippen molar-refractivity contribution in [2.45, 2.75) is 38.4 Å². The van der Waals surface area contributed by atoms with Gasteiger partial charge in [0.15, 0.2) is 5.11 Å². The summed E-state index contributed by atoms with van der Waals surface area (Å²) < 4.78 is 5.25. The number of hydrogen-bond donors (Lipinski definition) is 2. The van der Waals surface area contributed by atoms with E-state index in [-0.39, 0.29) is 29.7 Å². The number of halogens is 1. The zero-order chi connectivity index (χ0) is 20.4. The van der Waals surface area contributed by atoms with Gasteiger partial charge in [-0.25, -0.2) is 0 Å². The van der Waals surface area contributed by atoms with Crippen molar-refractivity contribution in [3.63, 3.8) is 0 Å². The molecule has 2 aromatic rings. The van der Waals surface area contributed by atoms with E-state index in [1.54, 1.807) is 23.3 Å². The fourth-order valence-corrected chi connectivity index (χ4v) is 4.58. The Morgan fingerprint density at radius 1 is 1.28 bits per heavy atom. The van der Waals surface area contributed by atoms with E-state index in [1.807, 2.05) is 24.3 Å². The number of thiocarbonyl (C=S) groups is 1. The van der Waals surface area contributed by atoms with Crippen molar-refractivity contribution in [1.82, 2.24) is 15.5 Å². The molecule has 3 atom stereocenters. The molecule has 2 heterocycles. The van der Waals surface area contributed by atoms with E-state index in [1.165, 1.54) is 0 Å². The molecule has 1 aromatic carbocycles. The molecule has 2 aliphatic rings. The van der Waals surface area contributed by atoms with Crippen molar-refractivity contribution in [3.05, 3.63) is 59.0 Å². The highest BCUT2D eigenvalue weighted by atomic mass is 35.5. The molecular weight excluding hydrogens is 410 g/mol. The Kier molecular flexibility index (Phi) is 5.87. The summed E-state index contributed by atoms with van der Waals surface area (Å²) in [4.78, 5) is 27.2. The van der Waals surface area contributed by atoms with E-state index in [9.17, 15) is 9.59 Å². The lowest BCUT2D eigenvalue weighted by atomic mass is 9.76. The SMILES string of the molecule is O=C(NCc1ccco1)C1CCC2C(=O)N(Cc3ccccc3Cl)C(=S)NC2C1. The Labute approximate surface area is 179 Å². The Morgan fingerprint density at radius 3 is 2.86 bits per heavy atom. The lowest BCUT2D eigenvalue weighted by Crippen LogP contribution is -2.61. The summed E-state index contributed by atoms with van der Waals surface area (Å²) in [6.07, 6.45) is 3.49. The van der Waals surface area contributed by atoms with Crippen LogP contribution in [-0.4, -0.2) is 27.9 Å². The van der Waals surface area contributed by atoms with Gasteiger partial charge in [0.2, 0.25) is 11.8 Å². The fraction of sp³-hybridized carbons (Fsp3) is 0.381. The van der Waals surface area contributed by atoms with Gasteiger partial charge in [-0.3, -0.25) is 14.5 Å². The van der Waals surface area contributed by atoms with E-state index in [0.717, 1.165) is 11.3 Å². The quantitative estimate of drug-likeness (QED) is 0.711. The molecule has 152 valence electrons. The number of carbonyl (C=O) groups excluding carboxylic acids is 2. The summed E-state index contributed by atoms with van der Waals surface area (Å²) in [5.74, 6) is 0.378. The molecule has 0 bridgehead atoms. The number of fused-ring (bicyclic) bond motifs is 1. The molecule has 2 amide bonds. The highest BCUT2D eigenvalue weighted by molar-refractivity contribution is 7.80. The van der Waals surface area contributed by atoms with Crippen LogP contribution in [0.4, 0.5) is 0 Å². The average molecular weight is 432 g/mol. The van der Waals surface area contributed by atoms with Gasteiger partial charge in [-0.05, 0) is 55.2 Å². The number of furan rings is 1. The number of hydrogen-bond acceptors (Lipinski definition) is 4. The maximum atomic E-state index is 13.1. The zero-order valence-corrected chi connectivity index (χ0v) is 17.3. The lowest BCUT2D eigenvalue weighted by Gasteiger charge is -2.43. The minimum absolute atomic E-state index is 0.00751. The van der Waals surface area contributed by atoms with E-state index < -0.39 is 0 Å². The zero-order valence-electron chi connectivity index (χ0n) is 15.8. The van der Waals surface area contributed by atoms with Crippen molar-refractivity contribution < 1.29 is 14.0 Å². The molecule has 4 rings (SSSR count). The van der Waals surface area contributed by atoms with Gasteiger partial charge in [0.25, 0.3) is 0 Å². The van der Waals surface area contributed by atoms with Gasteiger partial charge in [-0.1, -0.05) is 29.8 Å². The summed E-state index contributed by atoms with van der Waals surface area (Å²) in [6.45, 7) is 0.716. The highest BCUT2D eigenvalue weighted by Crippen LogP contribution is 2.34. The highest BCUT2D eigenvalue weighted by Gasteiger charge is 2.44. The maximum Gasteiger partial charge on any atom is 0.234 e. The largest absolute Gasteiger partial charge is 0.467 e. The molecule has 3 unspecified atom stereocenters. The molecule has 2 fully saturated rings. The van der Waals surface area contributed by atoms with Crippen molar-refractivity contribution in [3.8, 4) is 0 Å². The van der Waals surface area contributed by atoms with Gasteiger partial charge < -0.3 is 15.1 Å². The van der Waals surface area contributed by atoms with Gasteiger partial charge in [0, 0.05) is 17.0 Å². The predicted octanol–water partition coefficient (Wildman–Crippen LogP) is 3.25. The molecule has 1 saturated heterocycles. The van der Waals surface area contributed by atoms with Crippen molar-refractivity contribution in [2.24, 2.45) is 11.8 Å². The third-order valence-corrected chi connectivity index (χ3v) is 6.37. The van der Waals surface area contributed by atoms with Gasteiger partial charge in [-0.15, -0.1) is 0 Å². The van der Waals surface area contributed by atoms with Gasteiger partial charge in [-0.2, -0.15) is 0 Å². The molecule has 1 aliphatic carbocycles. The summed E-state index contributed by atoms with van der Waals surface area (Å²) in [5, 5.41) is 7.21. The minimum Gasteiger partial charge on any atom is -0.467 e. The van der Waals surface area contributed by atoms with Crippen LogP contribution in [0.2, 0.25) is 5.02 Å². The summed E-state index contributed by atoms with van der Waals surface area (Å²) >= 11 is 11.7. The third kappa shape index (κ3) is 4.31. The van der Waals surface area contributed by atoms with Gasteiger partial charge in [0.1, 0.15) is 5.76 Å². The molecule has 2 N–H and O–H groups in total. The number of nitrogens with one attached hydrogen (secondary N) is 2. The van der Waals surface area contributed by atoms with Crippen molar-refractivity contribution in [1.29, 1.82) is 0 Å². The molecule has 0 radical (unpaired) electrons. The van der Waals surface area contributed by atoms with Gasteiger partial charge in [0.05, 0.1) is 25.3 Å². The van der Waals surface area contributed by atoms with Crippen LogP contribution < -0.4 is 10.6 Å². The summed E-state index contributed by atoms with van der Waals surface area (Å²) in [5.41, 5.74) is 0.858. The van der Waals surface area contributed by atoms with E-state index in [4.69, 9.17) is 28.2 Å². The maximum absolute atomic E-state index is 13.1. The van der Waals surface area contributed by atoms with Crippen LogP contribution in [0.3, 0.4) is 0 Å². The van der Waals surface area contributed by atoms with Crippen LogP contribution in [0, 0.1) is 11.8 Å². The normalized spacial score (nSPS) is 24.0. The van der Waals surface area contributed by atoms with Crippen LogP contribution >= 0.6 is 23.8 Å². The van der Waals surface area contributed by atoms with Crippen LogP contribution in [-0.2, 0) is 22.7 Å². The van der Waals surface area contributed by atoms with E-state index in [2.05, 4.69) is 10.6 Å². The second kappa shape index (κ2) is 8.55. The molecule has 6 nitrogen and oxygen atoms in total. The summed E-state index contributed by atoms with van der Waals surface area (Å²) in [6, 6.07) is 10.9. The molecule has 1 saturated carbocycles. The van der Waals surface area contributed by atoms with Crippen LogP contribution in [0.5, 0.6) is 0 Å². The smallest absolute Gasteiger partial charge is 0.234 e. The average Bonchev–Trinajstić information content (AvgIpc) is 3.24. The number of carbonyl (C=O) groups is 2. The molecule has 1 aromatic heterocycles. The van der Waals surface area contributed by atoms with Gasteiger partial charge >= 0.3 is 0 Å². The second-order valence-corrected chi connectivity index (χ2v) is 8.28. The topological polar surface area (TPSA) is 74.6 Å². The predicted molar refractivity (Wildman–Crippen MR) is 113 cm³/mol. The van der Waals surface area contributed by atoms with Crippen molar-refractivity contribution in [2.75, 3.05) is 0 Å². The summed E-state index contributed by atoms with van der Waals surface area (Å²) in [7, 11) is 0. The van der Waals surface area contributed by atoms with Crippen LogP contribution in [0.1, 0.15) is 30.6 Å². The molecule has 0 spiro atoms. The minimum atomic E-state index is -0.182. The first-order valence-corrected chi connectivity index (χ1v) is 10.5. The molecule has 29 heavy (non-hydrogen) atoms. The molecule has 1 aliphatic heterocycles. The Morgan fingerprint density at radius 2 is 2.10 bits per heavy atom. The van der Waals surface area contributed by atoms with Crippen LogP contribution in [0.25, 0.3) is 0 Å².